The molecule has 15 heavy (non-hydrogen) atoms. The second-order valence-electron chi connectivity index (χ2n) is 3.03. The largest absolute Gasteiger partial charge is 0.387 e. The third-order valence-electron chi connectivity index (χ3n) is 2.07. The molecule has 0 fully saturated rings. The highest BCUT2D eigenvalue weighted by atomic mass is 32.2. The molecule has 0 heterocycles. The Balaban J connectivity index is 3.00. The van der Waals surface area contributed by atoms with E-state index < -0.39 is 16.1 Å². The quantitative estimate of drug-likeness (QED) is 0.655. The van der Waals surface area contributed by atoms with Crippen molar-refractivity contribution in [2.75, 3.05) is 13.6 Å². The van der Waals surface area contributed by atoms with Gasteiger partial charge in [-0.25, -0.2) is 13.1 Å². The van der Waals surface area contributed by atoms with Gasteiger partial charge in [0, 0.05) is 6.54 Å². The Morgan fingerprint density at radius 1 is 1.40 bits per heavy atom. The maximum atomic E-state index is 11.4. The van der Waals surface area contributed by atoms with Crippen molar-refractivity contribution >= 4 is 10.0 Å². The van der Waals surface area contributed by atoms with E-state index in [9.17, 15) is 13.5 Å². The number of hydrogen-bond donors (Lipinski definition) is 3. The molecule has 0 aromatic heterocycles. The highest BCUT2D eigenvalue weighted by molar-refractivity contribution is 7.89. The van der Waals surface area contributed by atoms with Crippen LogP contribution in [-0.4, -0.2) is 27.1 Å². The SMILES string of the molecule is CNS(=O)(=O)c1ccc(C(O)CN)cc1. The monoisotopic (exact) mass is 230 g/mol. The number of rotatable bonds is 4. The van der Waals surface area contributed by atoms with E-state index >= 15 is 0 Å². The number of aliphatic hydroxyl groups excluding tert-OH is 1. The summed E-state index contributed by atoms with van der Waals surface area (Å²) in [5, 5.41) is 9.39. The Morgan fingerprint density at radius 2 is 1.93 bits per heavy atom. The first-order chi connectivity index (χ1) is 7.01. The molecule has 1 aromatic carbocycles. The Kier molecular flexibility index (Phi) is 3.81. The highest BCUT2D eigenvalue weighted by Crippen LogP contribution is 2.15. The number of nitrogens with two attached hydrogens (primary N) is 1. The van der Waals surface area contributed by atoms with Crippen LogP contribution in [0.3, 0.4) is 0 Å². The summed E-state index contributed by atoms with van der Waals surface area (Å²) in [5.74, 6) is 0. The van der Waals surface area contributed by atoms with Crippen LogP contribution in [0.15, 0.2) is 29.2 Å². The van der Waals surface area contributed by atoms with Gasteiger partial charge in [-0.05, 0) is 24.7 Å². The Hall–Kier alpha value is -0.950. The predicted octanol–water partition coefficient (Wildman–Crippen LogP) is -0.413. The summed E-state index contributed by atoms with van der Waals surface area (Å²) in [6, 6.07) is 5.95. The molecule has 0 aliphatic carbocycles. The fraction of sp³-hybridized carbons (Fsp3) is 0.333. The van der Waals surface area contributed by atoms with Crippen LogP contribution in [0.1, 0.15) is 11.7 Å². The zero-order valence-corrected chi connectivity index (χ0v) is 9.16. The van der Waals surface area contributed by atoms with Gasteiger partial charge >= 0.3 is 0 Å². The lowest BCUT2D eigenvalue weighted by molar-refractivity contribution is 0.186. The summed E-state index contributed by atoms with van der Waals surface area (Å²) in [6.45, 7) is 0.109. The fourth-order valence-electron chi connectivity index (χ4n) is 1.12. The lowest BCUT2D eigenvalue weighted by Crippen LogP contribution is -2.18. The smallest absolute Gasteiger partial charge is 0.240 e. The average molecular weight is 230 g/mol. The summed E-state index contributed by atoms with van der Waals surface area (Å²) in [4.78, 5) is 0.165. The van der Waals surface area contributed by atoms with Gasteiger partial charge in [0.15, 0.2) is 0 Å². The summed E-state index contributed by atoms with van der Waals surface area (Å²) in [5.41, 5.74) is 5.88. The molecular formula is C9H14N2O3S. The molecule has 0 spiro atoms. The van der Waals surface area contributed by atoms with Crippen molar-refractivity contribution in [1.82, 2.24) is 4.72 Å². The van der Waals surface area contributed by atoms with Gasteiger partial charge in [0.25, 0.3) is 0 Å². The number of sulfonamides is 1. The molecule has 6 heteroatoms. The molecule has 0 radical (unpaired) electrons. The first-order valence-electron chi connectivity index (χ1n) is 4.43. The van der Waals surface area contributed by atoms with Crippen molar-refractivity contribution in [3.63, 3.8) is 0 Å². The van der Waals surface area contributed by atoms with Gasteiger partial charge in [0.05, 0.1) is 11.0 Å². The van der Waals surface area contributed by atoms with Crippen molar-refractivity contribution in [1.29, 1.82) is 0 Å². The first-order valence-corrected chi connectivity index (χ1v) is 5.91. The molecule has 84 valence electrons. The Labute approximate surface area is 89.0 Å². The number of aliphatic hydroxyl groups is 1. The van der Waals surface area contributed by atoms with Crippen LogP contribution in [0, 0.1) is 0 Å². The van der Waals surface area contributed by atoms with E-state index in [1.54, 1.807) is 12.1 Å². The molecule has 1 rings (SSSR count). The van der Waals surface area contributed by atoms with Crippen LogP contribution in [0.5, 0.6) is 0 Å². The predicted molar refractivity (Wildman–Crippen MR) is 56.7 cm³/mol. The topological polar surface area (TPSA) is 92.4 Å². The second kappa shape index (κ2) is 4.71. The van der Waals surface area contributed by atoms with Crippen LogP contribution in [0.25, 0.3) is 0 Å². The normalized spacial score (nSPS) is 13.8. The highest BCUT2D eigenvalue weighted by Gasteiger charge is 2.12. The second-order valence-corrected chi connectivity index (χ2v) is 4.91. The number of hydrogen-bond acceptors (Lipinski definition) is 4. The molecule has 0 bridgehead atoms. The lowest BCUT2D eigenvalue weighted by Gasteiger charge is -2.08. The summed E-state index contributed by atoms with van der Waals surface area (Å²) in [7, 11) is -2.07. The molecule has 1 aromatic rings. The van der Waals surface area contributed by atoms with E-state index in [4.69, 9.17) is 5.73 Å². The van der Waals surface area contributed by atoms with Gasteiger partial charge < -0.3 is 10.8 Å². The molecule has 0 aliphatic rings. The zero-order chi connectivity index (χ0) is 11.5. The van der Waals surface area contributed by atoms with Crippen molar-refractivity contribution in [3.8, 4) is 0 Å². The average Bonchev–Trinajstić information content (AvgIpc) is 2.28. The molecule has 1 atom stereocenters. The molecule has 0 amide bonds. The van der Waals surface area contributed by atoms with Gasteiger partial charge in [-0.15, -0.1) is 0 Å². The van der Waals surface area contributed by atoms with Gasteiger partial charge in [0.2, 0.25) is 10.0 Å². The molecule has 4 N–H and O–H groups in total. The summed E-state index contributed by atoms with van der Waals surface area (Å²) >= 11 is 0. The van der Waals surface area contributed by atoms with E-state index in [0.717, 1.165) is 0 Å². The van der Waals surface area contributed by atoms with Crippen molar-refractivity contribution in [3.05, 3.63) is 29.8 Å². The molecule has 5 nitrogen and oxygen atoms in total. The number of benzene rings is 1. The van der Waals surface area contributed by atoms with Crippen LogP contribution in [0.4, 0.5) is 0 Å². The third-order valence-corrected chi connectivity index (χ3v) is 3.50. The molecule has 0 saturated carbocycles. The zero-order valence-electron chi connectivity index (χ0n) is 8.34. The summed E-state index contributed by atoms with van der Waals surface area (Å²) < 4.78 is 24.9. The third kappa shape index (κ3) is 2.75. The van der Waals surface area contributed by atoms with Crippen molar-refractivity contribution < 1.29 is 13.5 Å². The fourth-order valence-corrected chi connectivity index (χ4v) is 1.85. The maximum absolute atomic E-state index is 11.4. The standard InChI is InChI=1S/C9H14N2O3S/c1-11-15(13,14)8-4-2-7(3-5-8)9(12)6-10/h2-5,9,11-12H,6,10H2,1H3. The maximum Gasteiger partial charge on any atom is 0.240 e. The minimum Gasteiger partial charge on any atom is -0.387 e. The van der Waals surface area contributed by atoms with E-state index in [1.165, 1.54) is 19.2 Å². The minimum absolute atomic E-state index is 0.109. The Morgan fingerprint density at radius 3 is 2.33 bits per heavy atom. The minimum atomic E-state index is -3.41. The Bertz CT molecular complexity index is 413. The van der Waals surface area contributed by atoms with E-state index in [-0.39, 0.29) is 11.4 Å². The van der Waals surface area contributed by atoms with Crippen LogP contribution < -0.4 is 10.5 Å². The van der Waals surface area contributed by atoms with Crippen molar-refractivity contribution in [2.45, 2.75) is 11.0 Å². The van der Waals surface area contributed by atoms with Gasteiger partial charge in [-0.1, -0.05) is 12.1 Å². The van der Waals surface area contributed by atoms with Gasteiger partial charge in [-0.3, -0.25) is 0 Å². The first kappa shape index (κ1) is 12.1. The van der Waals surface area contributed by atoms with Crippen molar-refractivity contribution in [2.24, 2.45) is 5.73 Å². The van der Waals surface area contributed by atoms with E-state index in [0.29, 0.717) is 5.56 Å². The molecule has 1 unspecified atom stereocenters. The van der Waals surface area contributed by atoms with Crippen LogP contribution in [-0.2, 0) is 10.0 Å². The van der Waals surface area contributed by atoms with Crippen LogP contribution in [0.2, 0.25) is 0 Å². The van der Waals surface area contributed by atoms with E-state index in [1.807, 2.05) is 0 Å². The van der Waals surface area contributed by atoms with Gasteiger partial charge in [0.1, 0.15) is 0 Å². The summed E-state index contributed by atoms with van der Waals surface area (Å²) in [6.07, 6.45) is -0.753. The lowest BCUT2D eigenvalue weighted by atomic mass is 10.1. The molecule has 0 aliphatic heterocycles. The number of nitrogens with one attached hydrogen (secondary N) is 1. The molecule has 0 saturated heterocycles. The molecular weight excluding hydrogens is 216 g/mol. The van der Waals surface area contributed by atoms with E-state index in [2.05, 4.69) is 4.72 Å². The van der Waals surface area contributed by atoms with Crippen LogP contribution >= 0.6 is 0 Å². The van der Waals surface area contributed by atoms with Gasteiger partial charge in [-0.2, -0.15) is 0 Å².